The van der Waals surface area contributed by atoms with Gasteiger partial charge in [-0.2, -0.15) is 0 Å². The Morgan fingerprint density at radius 2 is 1.64 bits per heavy atom. The Labute approximate surface area is 200 Å². The van der Waals surface area contributed by atoms with Gasteiger partial charge in [-0.15, -0.1) is 11.3 Å². The summed E-state index contributed by atoms with van der Waals surface area (Å²) >= 11 is 1.50. The van der Waals surface area contributed by atoms with Crippen molar-refractivity contribution in [2.24, 2.45) is 0 Å². The highest BCUT2D eigenvalue weighted by Gasteiger charge is 2.38. The van der Waals surface area contributed by atoms with Gasteiger partial charge in [0.2, 0.25) is 0 Å². The highest BCUT2D eigenvalue weighted by atomic mass is 32.1. The lowest BCUT2D eigenvalue weighted by molar-refractivity contribution is 0.0951. The van der Waals surface area contributed by atoms with Gasteiger partial charge in [0.25, 0.3) is 5.91 Å². The molecule has 1 aliphatic rings. The molecule has 0 radical (unpaired) electrons. The predicted molar refractivity (Wildman–Crippen MR) is 136 cm³/mol. The van der Waals surface area contributed by atoms with Crippen LogP contribution in [0.25, 0.3) is 10.4 Å². The number of fused-ring (bicyclic) bond motifs is 1. The Kier molecular flexibility index (Phi) is 6.53. The fourth-order valence-electron chi connectivity index (χ4n) is 4.50. The molecule has 5 heteroatoms. The summed E-state index contributed by atoms with van der Waals surface area (Å²) in [7, 11) is 1.72. The Bertz CT molecular complexity index is 1130. The second-order valence-electron chi connectivity index (χ2n) is 9.95. The number of carbonyl (C=O) groups is 1. The maximum atomic E-state index is 12.7. The van der Waals surface area contributed by atoms with Crippen molar-refractivity contribution in [3.05, 3.63) is 70.6 Å². The maximum absolute atomic E-state index is 12.7. The van der Waals surface area contributed by atoms with Crippen LogP contribution in [0.5, 0.6) is 11.5 Å². The molecule has 0 atom stereocenters. The van der Waals surface area contributed by atoms with Crippen molar-refractivity contribution in [2.75, 3.05) is 20.3 Å². The molecule has 1 amide bonds. The van der Waals surface area contributed by atoms with Crippen LogP contribution in [0.3, 0.4) is 0 Å². The highest BCUT2D eigenvalue weighted by Crippen LogP contribution is 2.49. The van der Waals surface area contributed by atoms with Gasteiger partial charge in [0, 0.05) is 10.4 Å². The highest BCUT2D eigenvalue weighted by molar-refractivity contribution is 7.17. The summed E-state index contributed by atoms with van der Waals surface area (Å²) in [6.07, 6.45) is 2.31. The average molecular weight is 464 g/mol. The third-order valence-corrected chi connectivity index (χ3v) is 7.79. The van der Waals surface area contributed by atoms with Crippen LogP contribution >= 0.6 is 11.3 Å². The third kappa shape index (κ3) is 4.93. The predicted octanol–water partition coefficient (Wildman–Crippen LogP) is 6.58. The minimum Gasteiger partial charge on any atom is -0.496 e. The molecule has 0 fully saturated rings. The normalized spacial score (nSPS) is 16.0. The summed E-state index contributed by atoms with van der Waals surface area (Å²) < 4.78 is 11.5. The van der Waals surface area contributed by atoms with Gasteiger partial charge in [0.05, 0.1) is 18.5 Å². The Hall–Kier alpha value is -2.79. The minimum atomic E-state index is -0.0821. The first-order valence-electron chi connectivity index (χ1n) is 11.5. The standard InChI is InChI=1S/C28H33NO3S/c1-27(2)13-14-28(3,4)22-18-23(31-5)20(17-21(22)27)24-11-12-25(33-24)26(30)29-15-16-32-19-9-7-6-8-10-19/h6-12,17-18H,13-16H2,1-5H3,(H,29,30). The molecule has 0 saturated carbocycles. The largest absolute Gasteiger partial charge is 0.496 e. The Morgan fingerprint density at radius 3 is 2.30 bits per heavy atom. The van der Waals surface area contributed by atoms with E-state index in [0.29, 0.717) is 18.0 Å². The second-order valence-corrected chi connectivity index (χ2v) is 11.0. The molecule has 3 aromatic rings. The molecule has 2 aromatic carbocycles. The van der Waals surface area contributed by atoms with Crippen molar-refractivity contribution in [1.29, 1.82) is 0 Å². The van der Waals surface area contributed by atoms with Gasteiger partial charge in [0.1, 0.15) is 18.1 Å². The molecule has 174 valence electrons. The number of thiophene rings is 1. The number of hydrogen-bond donors (Lipinski definition) is 1. The van der Waals surface area contributed by atoms with Crippen molar-refractivity contribution in [3.63, 3.8) is 0 Å². The number of nitrogens with one attached hydrogen (secondary N) is 1. The smallest absolute Gasteiger partial charge is 0.261 e. The van der Waals surface area contributed by atoms with Gasteiger partial charge in [-0.1, -0.05) is 45.9 Å². The molecule has 1 aromatic heterocycles. The van der Waals surface area contributed by atoms with Crippen LogP contribution in [0.15, 0.2) is 54.6 Å². The molecular weight excluding hydrogens is 430 g/mol. The summed E-state index contributed by atoms with van der Waals surface area (Å²) in [4.78, 5) is 14.4. The summed E-state index contributed by atoms with van der Waals surface area (Å²) in [5.41, 5.74) is 4.04. The van der Waals surface area contributed by atoms with Crippen molar-refractivity contribution >= 4 is 17.2 Å². The van der Waals surface area contributed by atoms with Crippen LogP contribution in [-0.4, -0.2) is 26.2 Å². The van der Waals surface area contributed by atoms with Crippen molar-refractivity contribution in [3.8, 4) is 21.9 Å². The topological polar surface area (TPSA) is 47.6 Å². The number of para-hydroxylation sites is 1. The molecule has 4 nitrogen and oxygen atoms in total. The first kappa shape index (κ1) is 23.4. The van der Waals surface area contributed by atoms with E-state index in [9.17, 15) is 4.79 Å². The zero-order chi connectivity index (χ0) is 23.6. The zero-order valence-electron chi connectivity index (χ0n) is 20.2. The van der Waals surface area contributed by atoms with E-state index in [-0.39, 0.29) is 16.7 Å². The molecule has 0 aliphatic heterocycles. The van der Waals surface area contributed by atoms with E-state index in [4.69, 9.17) is 9.47 Å². The van der Waals surface area contributed by atoms with Gasteiger partial charge < -0.3 is 14.8 Å². The number of ether oxygens (including phenoxy) is 2. The minimum absolute atomic E-state index is 0.0821. The number of hydrogen-bond acceptors (Lipinski definition) is 4. The molecule has 1 N–H and O–H groups in total. The summed E-state index contributed by atoms with van der Waals surface area (Å²) in [6.45, 7) is 10.2. The summed E-state index contributed by atoms with van der Waals surface area (Å²) in [5.74, 6) is 1.58. The molecule has 1 heterocycles. The SMILES string of the molecule is COc1cc2c(cc1-c1ccc(C(=O)NCCOc3ccccc3)s1)C(C)(C)CCC2(C)C. The van der Waals surface area contributed by atoms with E-state index in [2.05, 4.69) is 45.1 Å². The van der Waals surface area contributed by atoms with Gasteiger partial charge >= 0.3 is 0 Å². The second kappa shape index (κ2) is 9.22. The number of benzene rings is 2. The van der Waals surface area contributed by atoms with Crippen LogP contribution in [0.1, 0.15) is 61.3 Å². The van der Waals surface area contributed by atoms with E-state index in [1.54, 1.807) is 7.11 Å². The molecule has 0 spiro atoms. The van der Waals surface area contributed by atoms with E-state index < -0.39 is 0 Å². The van der Waals surface area contributed by atoms with Crippen molar-refractivity contribution < 1.29 is 14.3 Å². The fourth-order valence-corrected chi connectivity index (χ4v) is 5.44. The van der Waals surface area contributed by atoms with E-state index >= 15 is 0 Å². The quantitative estimate of drug-likeness (QED) is 0.403. The summed E-state index contributed by atoms with van der Waals surface area (Å²) in [6, 6.07) is 18.0. The lowest BCUT2D eigenvalue weighted by atomic mass is 9.63. The van der Waals surface area contributed by atoms with Crippen LogP contribution < -0.4 is 14.8 Å². The molecule has 1 aliphatic carbocycles. The Morgan fingerprint density at radius 1 is 0.970 bits per heavy atom. The third-order valence-electron chi connectivity index (χ3n) is 6.67. The molecule has 0 unspecified atom stereocenters. The molecule has 0 saturated heterocycles. The first-order chi connectivity index (χ1) is 15.7. The molecule has 4 rings (SSSR count). The number of rotatable bonds is 7. The summed E-state index contributed by atoms with van der Waals surface area (Å²) in [5, 5.41) is 2.95. The number of carbonyl (C=O) groups excluding carboxylic acids is 1. The fraction of sp³-hybridized carbons (Fsp3) is 0.393. The van der Waals surface area contributed by atoms with Crippen LogP contribution in [0.4, 0.5) is 0 Å². The zero-order valence-corrected chi connectivity index (χ0v) is 21.0. The first-order valence-corrected chi connectivity index (χ1v) is 12.3. The van der Waals surface area contributed by atoms with Crippen molar-refractivity contribution in [2.45, 2.75) is 51.4 Å². The van der Waals surface area contributed by atoms with Crippen LogP contribution in [-0.2, 0) is 10.8 Å². The van der Waals surface area contributed by atoms with Gasteiger partial charge in [-0.3, -0.25) is 4.79 Å². The van der Waals surface area contributed by atoms with Crippen LogP contribution in [0.2, 0.25) is 0 Å². The van der Waals surface area contributed by atoms with E-state index in [1.165, 1.54) is 22.5 Å². The number of methoxy groups -OCH3 is 1. The lowest BCUT2D eigenvalue weighted by Crippen LogP contribution is -2.33. The average Bonchev–Trinajstić information content (AvgIpc) is 3.30. The van der Waals surface area contributed by atoms with E-state index in [0.717, 1.165) is 34.8 Å². The number of amides is 1. The molecule has 0 bridgehead atoms. The van der Waals surface area contributed by atoms with Crippen LogP contribution in [0, 0.1) is 0 Å². The Balaban J connectivity index is 1.51. The maximum Gasteiger partial charge on any atom is 0.261 e. The van der Waals surface area contributed by atoms with Crippen molar-refractivity contribution in [1.82, 2.24) is 5.32 Å². The lowest BCUT2D eigenvalue weighted by Gasteiger charge is -2.42. The van der Waals surface area contributed by atoms with E-state index in [1.807, 2.05) is 42.5 Å². The van der Waals surface area contributed by atoms with Gasteiger partial charge in [-0.05, 0) is 71.2 Å². The molecular formula is C28H33NO3S. The monoisotopic (exact) mass is 463 g/mol. The van der Waals surface area contributed by atoms with Gasteiger partial charge in [-0.25, -0.2) is 0 Å². The van der Waals surface area contributed by atoms with Gasteiger partial charge in [0.15, 0.2) is 0 Å². The molecule has 33 heavy (non-hydrogen) atoms.